The molecule has 0 saturated carbocycles. The third kappa shape index (κ3) is 7.28. The van der Waals surface area contributed by atoms with E-state index in [-0.39, 0.29) is 12.2 Å². The van der Waals surface area contributed by atoms with E-state index >= 15 is 0 Å². The maximum absolute atomic E-state index is 12.7. The molecule has 0 bridgehead atoms. The molecule has 0 unspecified atom stereocenters. The summed E-state index contributed by atoms with van der Waals surface area (Å²) in [6, 6.07) is 11.7. The lowest BCUT2D eigenvalue weighted by Gasteiger charge is -2.15. The topological polar surface area (TPSA) is 98.5 Å². The molecule has 1 atom stereocenters. The van der Waals surface area contributed by atoms with Gasteiger partial charge >= 0.3 is 12.1 Å². The lowest BCUT2D eigenvalue weighted by Crippen LogP contribution is -2.46. The molecule has 0 saturated heterocycles. The summed E-state index contributed by atoms with van der Waals surface area (Å²) < 4.78 is 43.3. The lowest BCUT2D eigenvalue weighted by molar-refractivity contribution is -0.147. The number of carbonyl (C=O) groups excluding carboxylic acids is 3. The molecule has 0 aliphatic rings. The molecule has 0 spiro atoms. The average molecular weight is 408 g/mol. The van der Waals surface area contributed by atoms with Crippen molar-refractivity contribution in [2.45, 2.75) is 31.7 Å². The predicted octanol–water partition coefficient (Wildman–Crippen LogP) is 2.35. The number of benzene rings is 2. The summed E-state index contributed by atoms with van der Waals surface area (Å²) >= 11 is 0. The van der Waals surface area contributed by atoms with Crippen LogP contribution in [0, 0.1) is 0 Å². The summed E-state index contributed by atoms with van der Waals surface area (Å²) in [6.07, 6.45) is -5.44. The van der Waals surface area contributed by atoms with Gasteiger partial charge in [-0.25, -0.2) is 0 Å². The van der Waals surface area contributed by atoms with Crippen molar-refractivity contribution in [3.05, 3.63) is 71.3 Å². The van der Waals surface area contributed by atoms with Gasteiger partial charge in [-0.15, -0.1) is 0 Å². The van der Waals surface area contributed by atoms with Gasteiger partial charge < -0.3 is 15.8 Å². The number of primary amides is 1. The van der Waals surface area contributed by atoms with E-state index in [2.05, 4.69) is 5.32 Å². The van der Waals surface area contributed by atoms with Gasteiger partial charge in [0.1, 0.15) is 12.6 Å². The summed E-state index contributed by atoms with van der Waals surface area (Å²) in [6.45, 7) is -0.0106. The standard InChI is InChI=1S/C20H19F3N2O4/c21-20(22,23)15-8-4-7-14(9-15)10-17(26)25-16(19(24)28)11-18(27)29-12-13-5-2-1-3-6-13/h1-9,16H,10-12H2,(H2,24,28)(H,25,26)/t16-/m0/s1. The van der Waals surface area contributed by atoms with Gasteiger partial charge in [0.05, 0.1) is 18.4 Å². The van der Waals surface area contributed by atoms with E-state index in [0.29, 0.717) is 0 Å². The molecule has 154 valence electrons. The third-order valence-corrected chi connectivity index (χ3v) is 3.91. The van der Waals surface area contributed by atoms with E-state index in [1.165, 1.54) is 12.1 Å². The third-order valence-electron chi connectivity index (χ3n) is 3.91. The number of amides is 2. The Morgan fingerprint density at radius 1 is 1.00 bits per heavy atom. The molecule has 29 heavy (non-hydrogen) atoms. The van der Waals surface area contributed by atoms with Gasteiger partial charge in [0.25, 0.3) is 0 Å². The van der Waals surface area contributed by atoms with Gasteiger partial charge in [-0.05, 0) is 17.2 Å². The first-order chi connectivity index (χ1) is 13.6. The minimum absolute atomic E-state index is 0.0106. The molecule has 0 heterocycles. The van der Waals surface area contributed by atoms with Crippen LogP contribution in [0.4, 0.5) is 13.2 Å². The van der Waals surface area contributed by atoms with Crippen LogP contribution in [-0.2, 0) is 38.3 Å². The van der Waals surface area contributed by atoms with Crippen molar-refractivity contribution in [2.24, 2.45) is 5.73 Å². The Balaban J connectivity index is 1.91. The molecule has 2 aromatic rings. The van der Waals surface area contributed by atoms with Gasteiger partial charge in [0, 0.05) is 0 Å². The predicted molar refractivity (Wildman–Crippen MR) is 97.1 cm³/mol. The molecule has 6 nitrogen and oxygen atoms in total. The van der Waals surface area contributed by atoms with Crippen LogP contribution in [0.25, 0.3) is 0 Å². The Labute approximate surface area is 164 Å². The van der Waals surface area contributed by atoms with E-state index in [4.69, 9.17) is 10.5 Å². The van der Waals surface area contributed by atoms with Crippen LogP contribution in [-0.4, -0.2) is 23.8 Å². The molecule has 0 aliphatic heterocycles. The van der Waals surface area contributed by atoms with E-state index in [9.17, 15) is 27.6 Å². The number of hydrogen-bond acceptors (Lipinski definition) is 4. The number of rotatable bonds is 8. The summed E-state index contributed by atoms with van der Waals surface area (Å²) in [5, 5.41) is 2.26. The number of halogens is 3. The zero-order chi connectivity index (χ0) is 21.4. The molecule has 2 rings (SSSR count). The van der Waals surface area contributed by atoms with Crippen molar-refractivity contribution in [1.29, 1.82) is 0 Å². The second kappa shape index (κ2) is 9.72. The largest absolute Gasteiger partial charge is 0.461 e. The zero-order valence-corrected chi connectivity index (χ0v) is 15.2. The summed E-state index contributed by atoms with van der Waals surface area (Å²) in [5.74, 6) is -2.46. The van der Waals surface area contributed by atoms with Crippen molar-refractivity contribution in [1.82, 2.24) is 5.32 Å². The van der Waals surface area contributed by atoms with E-state index in [1.807, 2.05) is 0 Å². The quantitative estimate of drug-likeness (QED) is 0.655. The molecule has 9 heteroatoms. The number of carbonyl (C=O) groups is 3. The van der Waals surface area contributed by atoms with Gasteiger partial charge in [0.15, 0.2) is 0 Å². The van der Waals surface area contributed by atoms with Crippen LogP contribution in [0.2, 0.25) is 0 Å². The lowest BCUT2D eigenvalue weighted by atomic mass is 10.1. The Kier molecular flexibility index (Phi) is 7.35. The molecule has 0 aliphatic carbocycles. The Morgan fingerprint density at radius 3 is 2.28 bits per heavy atom. The number of nitrogens with two attached hydrogens (primary N) is 1. The number of alkyl halides is 3. The Hall–Kier alpha value is -3.36. The van der Waals surface area contributed by atoms with E-state index in [0.717, 1.165) is 17.7 Å². The van der Waals surface area contributed by atoms with Crippen molar-refractivity contribution >= 4 is 17.8 Å². The second-order valence-corrected chi connectivity index (χ2v) is 6.25. The van der Waals surface area contributed by atoms with Crippen LogP contribution >= 0.6 is 0 Å². The maximum Gasteiger partial charge on any atom is 0.416 e. The highest BCUT2D eigenvalue weighted by Crippen LogP contribution is 2.29. The van der Waals surface area contributed by atoms with Crippen LogP contribution in [0.5, 0.6) is 0 Å². The molecular weight excluding hydrogens is 389 g/mol. The number of esters is 1. The highest BCUT2D eigenvalue weighted by molar-refractivity contribution is 5.90. The second-order valence-electron chi connectivity index (χ2n) is 6.25. The van der Waals surface area contributed by atoms with Crippen LogP contribution in [0.15, 0.2) is 54.6 Å². The normalized spacial score (nSPS) is 12.1. The van der Waals surface area contributed by atoms with E-state index in [1.54, 1.807) is 30.3 Å². The van der Waals surface area contributed by atoms with Crippen molar-refractivity contribution < 1.29 is 32.3 Å². The van der Waals surface area contributed by atoms with Gasteiger partial charge in [-0.2, -0.15) is 13.2 Å². The molecule has 3 N–H and O–H groups in total. The average Bonchev–Trinajstić information content (AvgIpc) is 2.66. The first-order valence-corrected chi connectivity index (χ1v) is 8.59. The molecule has 0 aromatic heterocycles. The van der Waals surface area contributed by atoms with Crippen molar-refractivity contribution in [3.8, 4) is 0 Å². The summed E-state index contributed by atoms with van der Waals surface area (Å²) in [5.41, 5.74) is 5.16. The zero-order valence-electron chi connectivity index (χ0n) is 15.2. The minimum atomic E-state index is -4.54. The number of ether oxygens (including phenoxy) is 1. The maximum atomic E-state index is 12.7. The first kappa shape index (κ1) is 21.9. The minimum Gasteiger partial charge on any atom is -0.461 e. The highest BCUT2D eigenvalue weighted by atomic mass is 19.4. The van der Waals surface area contributed by atoms with E-state index < -0.39 is 48.4 Å². The van der Waals surface area contributed by atoms with Crippen LogP contribution < -0.4 is 11.1 Å². The summed E-state index contributed by atoms with van der Waals surface area (Å²) in [4.78, 5) is 35.6. The first-order valence-electron chi connectivity index (χ1n) is 8.59. The van der Waals surface area contributed by atoms with Crippen molar-refractivity contribution in [3.63, 3.8) is 0 Å². The van der Waals surface area contributed by atoms with Crippen LogP contribution in [0.3, 0.4) is 0 Å². The molecule has 0 radical (unpaired) electrons. The Morgan fingerprint density at radius 2 is 1.66 bits per heavy atom. The highest BCUT2D eigenvalue weighted by Gasteiger charge is 2.30. The molecule has 2 amide bonds. The molecular formula is C20H19F3N2O4. The smallest absolute Gasteiger partial charge is 0.416 e. The van der Waals surface area contributed by atoms with Gasteiger partial charge in [-0.1, -0.05) is 48.5 Å². The van der Waals surface area contributed by atoms with Gasteiger partial charge in [0.2, 0.25) is 11.8 Å². The fraction of sp³-hybridized carbons (Fsp3) is 0.250. The fourth-order valence-corrected chi connectivity index (χ4v) is 2.47. The molecule has 2 aromatic carbocycles. The van der Waals surface area contributed by atoms with Gasteiger partial charge in [-0.3, -0.25) is 14.4 Å². The number of nitrogens with one attached hydrogen (secondary N) is 1. The number of hydrogen-bond donors (Lipinski definition) is 2. The monoisotopic (exact) mass is 408 g/mol. The van der Waals surface area contributed by atoms with Crippen LogP contribution in [0.1, 0.15) is 23.1 Å². The van der Waals surface area contributed by atoms with Crippen molar-refractivity contribution in [2.75, 3.05) is 0 Å². The summed E-state index contributed by atoms with van der Waals surface area (Å²) in [7, 11) is 0. The SMILES string of the molecule is NC(=O)[C@H](CC(=O)OCc1ccccc1)NC(=O)Cc1cccc(C(F)(F)F)c1. The fourth-order valence-electron chi connectivity index (χ4n) is 2.47. The molecule has 0 fully saturated rings. The Bertz CT molecular complexity index is 870.